The third-order valence-corrected chi connectivity index (χ3v) is 2.17. The lowest BCUT2D eigenvalue weighted by atomic mass is 10.2. The molecule has 3 N–H and O–H groups in total. The van der Waals surface area contributed by atoms with Gasteiger partial charge in [-0.3, -0.25) is 4.79 Å². The molecule has 1 amide bonds. The standard InChI is InChI=1S/C10H11N5O/c1-6-9(10(16)15-12-6)14-13-8-4-2-7(11)3-5-8/h2-5,9H,11H2,1H3,(H,15,16). The molecule has 1 heterocycles. The molecule has 1 unspecified atom stereocenters. The first kappa shape index (κ1) is 10.3. The number of nitrogens with two attached hydrogens (primary N) is 1. The molecule has 6 heteroatoms. The number of benzene rings is 1. The maximum absolute atomic E-state index is 11.3. The minimum Gasteiger partial charge on any atom is -0.399 e. The maximum atomic E-state index is 11.3. The van der Waals surface area contributed by atoms with Crippen LogP contribution in [-0.2, 0) is 4.79 Å². The van der Waals surface area contributed by atoms with E-state index in [1.165, 1.54) is 0 Å². The largest absolute Gasteiger partial charge is 0.399 e. The third kappa shape index (κ3) is 2.05. The number of anilines is 1. The topological polar surface area (TPSA) is 92.2 Å². The van der Waals surface area contributed by atoms with E-state index in [9.17, 15) is 4.79 Å². The number of carbonyl (C=O) groups is 1. The highest BCUT2D eigenvalue weighted by molar-refractivity contribution is 6.10. The number of hydrogen-bond acceptors (Lipinski definition) is 5. The highest BCUT2D eigenvalue weighted by Gasteiger charge is 2.26. The van der Waals surface area contributed by atoms with Crippen LogP contribution in [0.25, 0.3) is 0 Å². The van der Waals surface area contributed by atoms with Gasteiger partial charge < -0.3 is 5.73 Å². The van der Waals surface area contributed by atoms with Crippen molar-refractivity contribution in [3.8, 4) is 0 Å². The van der Waals surface area contributed by atoms with Gasteiger partial charge >= 0.3 is 0 Å². The summed E-state index contributed by atoms with van der Waals surface area (Å²) >= 11 is 0. The van der Waals surface area contributed by atoms with E-state index in [-0.39, 0.29) is 5.91 Å². The second-order valence-electron chi connectivity index (χ2n) is 3.44. The molecule has 0 aromatic heterocycles. The highest BCUT2D eigenvalue weighted by Crippen LogP contribution is 2.15. The van der Waals surface area contributed by atoms with Crippen molar-refractivity contribution >= 4 is 23.0 Å². The molecule has 1 aliphatic rings. The lowest BCUT2D eigenvalue weighted by Gasteiger charge is -1.98. The Morgan fingerprint density at radius 3 is 2.62 bits per heavy atom. The number of carbonyl (C=O) groups excluding carboxylic acids is 1. The second-order valence-corrected chi connectivity index (χ2v) is 3.44. The number of hydrogen-bond donors (Lipinski definition) is 2. The van der Waals surface area contributed by atoms with Crippen molar-refractivity contribution in [1.82, 2.24) is 5.43 Å². The van der Waals surface area contributed by atoms with E-state index in [4.69, 9.17) is 5.73 Å². The van der Waals surface area contributed by atoms with E-state index < -0.39 is 6.04 Å². The number of azo groups is 1. The lowest BCUT2D eigenvalue weighted by Crippen LogP contribution is -2.25. The summed E-state index contributed by atoms with van der Waals surface area (Å²) in [7, 11) is 0. The van der Waals surface area contributed by atoms with E-state index in [1.54, 1.807) is 31.2 Å². The second kappa shape index (κ2) is 4.09. The zero-order valence-electron chi connectivity index (χ0n) is 8.71. The van der Waals surface area contributed by atoms with E-state index in [0.29, 0.717) is 17.1 Å². The zero-order valence-corrected chi connectivity index (χ0v) is 8.71. The zero-order chi connectivity index (χ0) is 11.5. The van der Waals surface area contributed by atoms with Gasteiger partial charge in [-0.15, -0.1) is 0 Å². The molecule has 82 valence electrons. The van der Waals surface area contributed by atoms with Crippen LogP contribution >= 0.6 is 0 Å². The normalized spacial score (nSPS) is 19.9. The Balaban J connectivity index is 2.12. The van der Waals surface area contributed by atoms with Crippen molar-refractivity contribution in [3.63, 3.8) is 0 Å². The first-order chi connectivity index (χ1) is 7.66. The van der Waals surface area contributed by atoms with Crippen molar-refractivity contribution in [2.24, 2.45) is 15.3 Å². The Morgan fingerprint density at radius 1 is 1.38 bits per heavy atom. The number of nitrogen functional groups attached to an aromatic ring is 1. The predicted molar refractivity (Wildman–Crippen MR) is 60.4 cm³/mol. The molecule has 0 saturated heterocycles. The van der Waals surface area contributed by atoms with E-state index >= 15 is 0 Å². The molecule has 0 bridgehead atoms. The van der Waals surface area contributed by atoms with Crippen molar-refractivity contribution < 1.29 is 4.79 Å². The molecule has 0 spiro atoms. The fourth-order valence-electron chi connectivity index (χ4n) is 1.26. The van der Waals surface area contributed by atoms with Gasteiger partial charge in [0.1, 0.15) is 0 Å². The SMILES string of the molecule is CC1=NNC(=O)C1N=Nc1ccc(N)cc1. The van der Waals surface area contributed by atoms with E-state index in [0.717, 1.165) is 0 Å². The molecular formula is C10H11N5O. The molecule has 0 radical (unpaired) electrons. The lowest BCUT2D eigenvalue weighted by molar-refractivity contribution is -0.120. The number of nitrogens with one attached hydrogen (secondary N) is 1. The van der Waals surface area contributed by atoms with Gasteiger partial charge in [0.2, 0.25) is 0 Å². The van der Waals surface area contributed by atoms with Crippen LogP contribution in [0.3, 0.4) is 0 Å². The third-order valence-electron chi connectivity index (χ3n) is 2.17. The Bertz CT molecular complexity index is 463. The van der Waals surface area contributed by atoms with Crippen LogP contribution in [0.15, 0.2) is 39.6 Å². The maximum Gasteiger partial charge on any atom is 0.272 e. The van der Waals surface area contributed by atoms with E-state index in [2.05, 4.69) is 20.8 Å². The fraction of sp³-hybridized carbons (Fsp3) is 0.200. The molecule has 0 fully saturated rings. The number of amides is 1. The van der Waals surface area contributed by atoms with Gasteiger partial charge in [-0.2, -0.15) is 15.3 Å². The van der Waals surface area contributed by atoms with Crippen LogP contribution in [0.5, 0.6) is 0 Å². The highest BCUT2D eigenvalue weighted by atomic mass is 16.2. The summed E-state index contributed by atoms with van der Waals surface area (Å²) in [5.41, 5.74) is 9.81. The van der Waals surface area contributed by atoms with Gasteiger partial charge in [0.25, 0.3) is 5.91 Å². The summed E-state index contributed by atoms with van der Waals surface area (Å²) in [4.78, 5) is 11.3. The first-order valence-electron chi connectivity index (χ1n) is 4.77. The van der Waals surface area contributed by atoms with Crippen molar-refractivity contribution in [2.75, 3.05) is 5.73 Å². The van der Waals surface area contributed by atoms with Crippen LogP contribution in [0.4, 0.5) is 11.4 Å². The van der Waals surface area contributed by atoms with Crippen LogP contribution in [0.2, 0.25) is 0 Å². The Labute approximate surface area is 92.2 Å². The van der Waals surface area contributed by atoms with E-state index in [1.807, 2.05) is 0 Å². The fourth-order valence-corrected chi connectivity index (χ4v) is 1.26. The van der Waals surface area contributed by atoms with Crippen LogP contribution in [0, 0.1) is 0 Å². The van der Waals surface area contributed by atoms with Gasteiger partial charge in [-0.05, 0) is 31.2 Å². The average molecular weight is 217 g/mol. The van der Waals surface area contributed by atoms with Gasteiger partial charge in [0.05, 0.1) is 11.4 Å². The molecule has 2 rings (SSSR count). The van der Waals surface area contributed by atoms with Crippen LogP contribution in [-0.4, -0.2) is 17.7 Å². The summed E-state index contributed by atoms with van der Waals surface area (Å²) in [5.74, 6) is -0.253. The van der Waals surface area contributed by atoms with Gasteiger partial charge in [-0.25, -0.2) is 5.43 Å². The van der Waals surface area contributed by atoms with Crippen molar-refractivity contribution in [3.05, 3.63) is 24.3 Å². The molecule has 16 heavy (non-hydrogen) atoms. The molecular weight excluding hydrogens is 206 g/mol. The Hall–Kier alpha value is -2.24. The summed E-state index contributed by atoms with van der Waals surface area (Å²) in [6, 6.07) is 6.31. The minimum absolute atomic E-state index is 0.253. The summed E-state index contributed by atoms with van der Waals surface area (Å²) in [6.07, 6.45) is 0. The molecule has 1 aromatic rings. The van der Waals surface area contributed by atoms with Gasteiger partial charge in [0.15, 0.2) is 6.04 Å². The predicted octanol–water partition coefficient (Wildman–Crippen LogP) is 1.23. The molecule has 1 aliphatic heterocycles. The Morgan fingerprint density at radius 2 is 2.06 bits per heavy atom. The summed E-state index contributed by atoms with van der Waals surface area (Å²) in [5, 5.41) is 11.7. The van der Waals surface area contributed by atoms with Crippen molar-refractivity contribution in [2.45, 2.75) is 13.0 Å². The van der Waals surface area contributed by atoms with Gasteiger partial charge in [0, 0.05) is 5.69 Å². The smallest absolute Gasteiger partial charge is 0.272 e. The van der Waals surface area contributed by atoms with Crippen LogP contribution < -0.4 is 11.2 Å². The first-order valence-corrected chi connectivity index (χ1v) is 4.77. The Kier molecular flexibility index (Phi) is 2.63. The molecule has 1 aromatic carbocycles. The number of nitrogens with zero attached hydrogens (tertiary/aromatic N) is 3. The number of rotatable bonds is 2. The van der Waals surface area contributed by atoms with Crippen molar-refractivity contribution in [1.29, 1.82) is 0 Å². The quantitative estimate of drug-likeness (QED) is 0.576. The molecule has 0 aliphatic carbocycles. The molecule has 0 saturated carbocycles. The summed E-state index contributed by atoms with van der Waals surface area (Å²) in [6.45, 7) is 1.73. The molecule has 6 nitrogen and oxygen atoms in total. The number of hydrazone groups is 1. The molecule has 1 atom stereocenters. The van der Waals surface area contributed by atoms with Crippen LogP contribution in [0.1, 0.15) is 6.92 Å². The monoisotopic (exact) mass is 217 g/mol. The van der Waals surface area contributed by atoms with Gasteiger partial charge in [-0.1, -0.05) is 0 Å². The minimum atomic E-state index is -0.613. The summed E-state index contributed by atoms with van der Waals surface area (Å²) < 4.78 is 0. The average Bonchev–Trinajstić information content (AvgIpc) is 2.59.